The third-order valence-corrected chi connectivity index (χ3v) is 8.79. The van der Waals surface area contributed by atoms with Crippen molar-refractivity contribution >= 4 is 17.9 Å². The molecule has 1 unspecified atom stereocenters. The van der Waals surface area contributed by atoms with Crippen LogP contribution in [0.4, 0.5) is 0 Å². The summed E-state index contributed by atoms with van der Waals surface area (Å²) < 4.78 is 16.6. The van der Waals surface area contributed by atoms with Gasteiger partial charge in [0, 0.05) is 19.3 Å². The molecular formula is C46H78O6. The molecule has 0 heterocycles. The fourth-order valence-corrected chi connectivity index (χ4v) is 5.52. The van der Waals surface area contributed by atoms with Gasteiger partial charge in [0.1, 0.15) is 13.2 Å². The van der Waals surface area contributed by atoms with Crippen LogP contribution in [0.2, 0.25) is 0 Å². The largest absolute Gasteiger partial charge is 0.462 e. The number of unbranched alkanes of at least 4 members (excludes halogenated alkanes) is 18. The number of hydrogen-bond acceptors (Lipinski definition) is 6. The van der Waals surface area contributed by atoms with Crippen molar-refractivity contribution in [1.29, 1.82) is 0 Å². The van der Waals surface area contributed by atoms with Gasteiger partial charge in [0.15, 0.2) is 6.10 Å². The molecule has 0 spiro atoms. The molecule has 0 bridgehead atoms. The molecule has 0 aromatic rings. The summed E-state index contributed by atoms with van der Waals surface area (Å²) in [6.45, 7) is 6.36. The van der Waals surface area contributed by atoms with Crippen LogP contribution in [0.5, 0.6) is 0 Å². The van der Waals surface area contributed by atoms with Gasteiger partial charge >= 0.3 is 17.9 Å². The minimum atomic E-state index is -0.787. The molecule has 0 aliphatic carbocycles. The van der Waals surface area contributed by atoms with Gasteiger partial charge in [-0.1, -0.05) is 159 Å². The lowest BCUT2D eigenvalue weighted by molar-refractivity contribution is -0.167. The van der Waals surface area contributed by atoms with Gasteiger partial charge in [-0.2, -0.15) is 0 Å². The quantitative estimate of drug-likeness (QED) is 0.0208. The molecule has 0 aromatic heterocycles. The summed E-state index contributed by atoms with van der Waals surface area (Å²) >= 11 is 0. The van der Waals surface area contributed by atoms with Gasteiger partial charge in [-0.15, -0.1) is 0 Å². The maximum atomic E-state index is 12.7. The number of carbonyl (C=O) groups is 3. The van der Waals surface area contributed by atoms with Crippen molar-refractivity contribution in [3.05, 3.63) is 60.8 Å². The van der Waals surface area contributed by atoms with E-state index in [9.17, 15) is 14.4 Å². The Bertz CT molecular complexity index is 975. The monoisotopic (exact) mass is 727 g/mol. The Balaban J connectivity index is 4.44. The molecule has 0 aliphatic rings. The van der Waals surface area contributed by atoms with E-state index in [0.29, 0.717) is 19.3 Å². The summed E-state index contributed by atoms with van der Waals surface area (Å²) in [5, 5.41) is 0. The van der Waals surface area contributed by atoms with Crippen molar-refractivity contribution < 1.29 is 28.6 Å². The molecule has 0 amide bonds. The molecule has 6 heteroatoms. The van der Waals surface area contributed by atoms with Crippen molar-refractivity contribution in [2.45, 2.75) is 200 Å². The minimum Gasteiger partial charge on any atom is -0.462 e. The second-order valence-electron chi connectivity index (χ2n) is 13.9. The van der Waals surface area contributed by atoms with Gasteiger partial charge in [0.25, 0.3) is 0 Å². The molecule has 0 radical (unpaired) electrons. The van der Waals surface area contributed by atoms with Crippen LogP contribution >= 0.6 is 0 Å². The Morgan fingerprint density at radius 1 is 0.404 bits per heavy atom. The molecular weight excluding hydrogens is 648 g/mol. The SMILES string of the molecule is CC\C=C/C=C\C=C/CCCCCCCC(=O)OCC(COC(=O)CCCCCC/C=C\CCCC)OC(=O)CCCCCCC/C=C\CCCC. The smallest absolute Gasteiger partial charge is 0.306 e. The van der Waals surface area contributed by atoms with E-state index in [1.165, 1.54) is 38.5 Å². The number of allylic oxidation sites excluding steroid dienone is 10. The van der Waals surface area contributed by atoms with E-state index < -0.39 is 6.10 Å². The molecule has 0 rings (SSSR count). The second-order valence-corrected chi connectivity index (χ2v) is 13.9. The first-order valence-electron chi connectivity index (χ1n) is 21.3. The lowest BCUT2D eigenvalue weighted by Gasteiger charge is -2.18. The second kappa shape index (κ2) is 40.9. The average Bonchev–Trinajstić information content (AvgIpc) is 3.14. The maximum absolute atomic E-state index is 12.7. The molecule has 0 saturated carbocycles. The van der Waals surface area contributed by atoms with Gasteiger partial charge in [0.05, 0.1) is 0 Å². The normalized spacial score (nSPS) is 12.6. The molecule has 6 nitrogen and oxygen atoms in total. The first kappa shape index (κ1) is 49.1. The summed E-state index contributed by atoms with van der Waals surface area (Å²) in [5.41, 5.74) is 0. The van der Waals surface area contributed by atoms with E-state index in [4.69, 9.17) is 14.2 Å². The van der Waals surface area contributed by atoms with Crippen molar-refractivity contribution in [2.24, 2.45) is 0 Å². The van der Waals surface area contributed by atoms with Crippen molar-refractivity contribution in [2.75, 3.05) is 13.2 Å². The first-order chi connectivity index (χ1) is 25.5. The van der Waals surface area contributed by atoms with E-state index in [2.05, 4.69) is 81.5 Å². The van der Waals surface area contributed by atoms with Crippen LogP contribution in [0.15, 0.2) is 60.8 Å². The summed E-state index contributed by atoms with van der Waals surface area (Å²) in [7, 11) is 0. The molecule has 298 valence electrons. The predicted octanol–water partition coefficient (Wildman–Crippen LogP) is 13.4. The third kappa shape index (κ3) is 38.3. The van der Waals surface area contributed by atoms with E-state index in [0.717, 1.165) is 116 Å². The lowest BCUT2D eigenvalue weighted by Crippen LogP contribution is -2.30. The maximum Gasteiger partial charge on any atom is 0.306 e. The topological polar surface area (TPSA) is 78.9 Å². The van der Waals surface area contributed by atoms with Gasteiger partial charge in [-0.05, 0) is 77.0 Å². The highest BCUT2D eigenvalue weighted by Crippen LogP contribution is 2.12. The Morgan fingerprint density at radius 2 is 0.769 bits per heavy atom. The summed E-state index contributed by atoms with van der Waals surface area (Å²) in [6, 6.07) is 0. The van der Waals surface area contributed by atoms with Gasteiger partial charge in [0.2, 0.25) is 0 Å². The van der Waals surface area contributed by atoms with Crippen molar-refractivity contribution in [3.63, 3.8) is 0 Å². The number of carbonyl (C=O) groups excluding carboxylic acids is 3. The standard InChI is InChI=1S/C46H78O6/c1-4-7-10-13-16-19-22-23-25-27-30-33-36-39-45(48)51-42-43(41-50-44(47)38-35-32-29-26-21-18-15-12-9-6-3)52-46(49)40-37-34-31-28-24-20-17-14-11-8-5-2/h7,10,13-19,22,43H,4-6,8-9,11-12,20-21,23-42H2,1-3H3/b10-7-,16-13-,17-14-,18-15-,22-19-. The zero-order valence-corrected chi connectivity index (χ0v) is 33.8. The van der Waals surface area contributed by atoms with Crippen LogP contribution in [0.25, 0.3) is 0 Å². The zero-order valence-electron chi connectivity index (χ0n) is 33.8. The van der Waals surface area contributed by atoms with Crippen molar-refractivity contribution in [1.82, 2.24) is 0 Å². The van der Waals surface area contributed by atoms with Gasteiger partial charge in [-0.25, -0.2) is 0 Å². The Morgan fingerprint density at radius 3 is 1.21 bits per heavy atom. The summed E-state index contributed by atoms with van der Waals surface area (Å²) in [5.74, 6) is -0.943. The Hall–Kier alpha value is -2.89. The average molecular weight is 727 g/mol. The minimum absolute atomic E-state index is 0.0914. The van der Waals surface area contributed by atoms with E-state index in [1.807, 2.05) is 0 Å². The highest BCUT2D eigenvalue weighted by Gasteiger charge is 2.19. The fourth-order valence-electron chi connectivity index (χ4n) is 5.52. The number of hydrogen-bond donors (Lipinski definition) is 0. The number of ether oxygens (including phenoxy) is 3. The third-order valence-electron chi connectivity index (χ3n) is 8.79. The highest BCUT2D eigenvalue weighted by molar-refractivity contribution is 5.71. The van der Waals surface area contributed by atoms with Gasteiger partial charge < -0.3 is 14.2 Å². The summed E-state index contributed by atoms with van der Waals surface area (Å²) in [6.07, 6.45) is 47.7. The van der Waals surface area contributed by atoms with Crippen LogP contribution in [0.3, 0.4) is 0 Å². The highest BCUT2D eigenvalue weighted by atomic mass is 16.6. The Kier molecular flexibility index (Phi) is 38.6. The van der Waals surface area contributed by atoms with E-state index in [-0.39, 0.29) is 31.1 Å². The van der Waals surface area contributed by atoms with Crippen LogP contribution in [-0.4, -0.2) is 37.2 Å². The predicted molar refractivity (Wildman–Crippen MR) is 219 cm³/mol. The molecule has 0 aromatic carbocycles. The van der Waals surface area contributed by atoms with Crippen LogP contribution in [-0.2, 0) is 28.6 Å². The van der Waals surface area contributed by atoms with Crippen LogP contribution in [0.1, 0.15) is 194 Å². The fraction of sp³-hybridized carbons (Fsp3) is 0.717. The van der Waals surface area contributed by atoms with Gasteiger partial charge in [-0.3, -0.25) is 14.4 Å². The first-order valence-corrected chi connectivity index (χ1v) is 21.3. The van der Waals surface area contributed by atoms with Crippen LogP contribution < -0.4 is 0 Å². The molecule has 0 fully saturated rings. The van der Waals surface area contributed by atoms with Crippen LogP contribution in [0, 0.1) is 0 Å². The summed E-state index contributed by atoms with van der Waals surface area (Å²) in [4.78, 5) is 37.6. The van der Waals surface area contributed by atoms with E-state index >= 15 is 0 Å². The number of rotatable bonds is 37. The molecule has 52 heavy (non-hydrogen) atoms. The lowest BCUT2D eigenvalue weighted by atomic mass is 10.1. The molecule has 0 aliphatic heterocycles. The molecule has 1 atom stereocenters. The van der Waals surface area contributed by atoms with Crippen molar-refractivity contribution in [3.8, 4) is 0 Å². The molecule has 0 saturated heterocycles. The van der Waals surface area contributed by atoms with E-state index in [1.54, 1.807) is 0 Å². The zero-order chi connectivity index (χ0) is 38.0. The number of esters is 3. The molecule has 0 N–H and O–H groups in total. The Labute approximate surface area is 320 Å².